The fourth-order valence-electron chi connectivity index (χ4n) is 3.46. The van der Waals surface area contributed by atoms with Gasteiger partial charge in [-0.15, -0.1) is 0 Å². The Morgan fingerprint density at radius 3 is 2.56 bits per heavy atom. The number of fused-ring (bicyclic) bond motifs is 1. The van der Waals surface area contributed by atoms with Crippen LogP contribution in [0.15, 0.2) is 89.6 Å². The molecule has 32 heavy (non-hydrogen) atoms. The van der Waals surface area contributed by atoms with Crippen molar-refractivity contribution in [2.24, 2.45) is 0 Å². The second kappa shape index (κ2) is 8.44. The van der Waals surface area contributed by atoms with E-state index in [1.54, 1.807) is 6.20 Å². The van der Waals surface area contributed by atoms with Crippen molar-refractivity contribution in [3.8, 4) is 23.3 Å². The molecule has 4 heterocycles. The number of hydrogen-bond donors (Lipinski definition) is 1. The van der Waals surface area contributed by atoms with Crippen molar-refractivity contribution in [2.45, 2.75) is 19.8 Å². The summed E-state index contributed by atoms with van der Waals surface area (Å²) in [5.41, 5.74) is 4.51. The number of anilines is 2. The molecule has 156 valence electrons. The van der Waals surface area contributed by atoms with Gasteiger partial charge in [0.15, 0.2) is 11.5 Å². The van der Waals surface area contributed by atoms with Crippen LogP contribution in [0.5, 0.6) is 0 Å². The summed E-state index contributed by atoms with van der Waals surface area (Å²) in [6, 6.07) is 23.7. The second-order valence-corrected chi connectivity index (χ2v) is 7.77. The number of pyridine rings is 2. The molecule has 5 aromatic rings. The minimum Gasteiger partial charge on any atom is -0.446 e. The summed E-state index contributed by atoms with van der Waals surface area (Å²) in [5, 5.41) is 3.50. The van der Waals surface area contributed by atoms with Crippen molar-refractivity contribution in [2.75, 3.05) is 5.32 Å². The Hall–Kier alpha value is -4.30. The normalized spacial score (nSPS) is 10.8. The van der Waals surface area contributed by atoms with Gasteiger partial charge in [0.25, 0.3) is 0 Å². The first-order chi connectivity index (χ1) is 15.7. The maximum atomic E-state index is 6.06. The van der Waals surface area contributed by atoms with E-state index in [-0.39, 0.29) is 0 Å². The molecule has 5 nitrogen and oxygen atoms in total. The summed E-state index contributed by atoms with van der Waals surface area (Å²) in [6.07, 6.45) is 3.78. The molecule has 0 bridgehead atoms. The van der Waals surface area contributed by atoms with E-state index >= 15 is 0 Å². The SMILES string of the molecule is CC(C)c1ccn2c(Nc3ccccc3)c(-c3ccc(C#Cc4ccccn4)o3)nc2c1. The standard InChI is InChI=1S/C27H22N4O/c1-19(2)20-15-17-31-25(18-20)30-26(27(31)29-22-9-4-3-5-10-22)24-14-13-23(32-24)12-11-21-8-6-7-16-28-21/h3-10,13-19,29H,1-2H3. The number of nitrogens with zero attached hydrogens (tertiary/aromatic N) is 3. The van der Waals surface area contributed by atoms with Crippen LogP contribution in [0.25, 0.3) is 17.1 Å². The maximum absolute atomic E-state index is 6.06. The van der Waals surface area contributed by atoms with Gasteiger partial charge in [0, 0.05) is 18.1 Å². The van der Waals surface area contributed by atoms with E-state index in [2.05, 4.69) is 58.7 Å². The van der Waals surface area contributed by atoms with E-state index in [0.717, 1.165) is 22.8 Å². The molecule has 0 unspecified atom stereocenters. The Labute approximate surface area is 186 Å². The third-order valence-electron chi connectivity index (χ3n) is 5.17. The van der Waals surface area contributed by atoms with Gasteiger partial charge in [-0.2, -0.15) is 0 Å². The number of hydrogen-bond acceptors (Lipinski definition) is 4. The van der Waals surface area contributed by atoms with Gasteiger partial charge in [-0.05, 0) is 71.9 Å². The third-order valence-corrected chi connectivity index (χ3v) is 5.17. The Kier molecular flexibility index (Phi) is 5.19. The van der Waals surface area contributed by atoms with Gasteiger partial charge in [0.05, 0.1) is 0 Å². The number of rotatable bonds is 4. The first-order valence-electron chi connectivity index (χ1n) is 10.5. The number of furan rings is 1. The molecule has 1 N–H and O–H groups in total. The Morgan fingerprint density at radius 1 is 0.938 bits per heavy atom. The van der Waals surface area contributed by atoms with Gasteiger partial charge in [-0.25, -0.2) is 9.97 Å². The molecule has 5 rings (SSSR count). The van der Waals surface area contributed by atoms with Crippen LogP contribution in [-0.2, 0) is 0 Å². The zero-order chi connectivity index (χ0) is 21.9. The molecule has 0 saturated carbocycles. The van der Waals surface area contributed by atoms with Gasteiger partial charge in [-0.1, -0.05) is 38.1 Å². The third kappa shape index (κ3) is 3.99. The summed E-state index contributed by atoms with van der Waals surface area (Å²) < 4.78 is 8.11. The lowest BCUT2D eigenvalue weighted by molar-refractivity contribution is 0.567. The first-order valence-corrected chi connectivity index (χ1v) is 10.5. The zero-order valence-electron chi connectivity index (χ0n) is 17.9. The smallest absolute Gasteiger partial charge is 0.178 e. The van der Waals surface area contributed by atoms with Gasteiger partial charge >= 0.3 is 0 Å². The molecular weight excluding hydrogens is 396 g/mol. The highest BCUT2D eigenvalue weighted by Crippen LogP contribution is 2.33. The second-order valence-electron chi connectivity index (χ2n) is 7.77. The lowest BCUT2D eigenvalue weighted by Gasteiger charge is -2.09. The summed E-state index contributed by atoms with van der Waals surface area (Å²) in [5.74, 6) is 8.56. The summed E-state index contributed by atoms with van der Waals surface area (Å²) in [6.45, 7) is 4.36. The Balaban J connectivity index is 1.57. The van der Waals surface area contributed by atoms with Crippen molar-refractivity contribution < 1.29 is 4.42 Å². The maximum Gasteiger partial charge on any atom is 0.178 e. The topological polar surface area (TPSA) is 55.4 Å². The van der Waals surface area contributed by atoms with Crippen LogP contribution < -0.4 is 5.32 Å². The fraction of sp³-hybridized carbons (Fsp3) is 0.111. The minimum absolute atomic E-state index is 0.419. The van der Waals surface area contributed by atoms with Crippen LogP contribution >= 0.6 is 0 Å². The molecular formula is C27H22N4O. The summed E-state index contributed by atoms with van der Waals surface area (Å²) in [4.78, 5) is 9.13. The molecule has 4 aromatic heterocycles. The molecule has 1 aromatic carbocycles. The lowest BCUT2D eigenvalue weighted by atomic mass is 10.1. The molecule has 0 saturated heterocycles. The number of benzene rings is 1. The monoisotopic (exact) mass is 418 g/mol. The Morgan fingerprint density at radius 2 is 1.78 bits per heavy atom. The molecule has 0 atom stereocenters. The highest BCUT2D eigenvalue weighted by atomic mass is 16.3. The van der Waals surface area contributed by atoms with Crippen LogP contribution in [0, 0.1) is 11.8 Å². The van der Waals surface area contributed by atoms with Crippen LogP contribution in [-0.4, -0.2) is 14.4 Å². The molecule has 0 aliphatic carbocycles. The predicted octanol–water partition coefficient (Wildman–Crippen LogP) is 6.26. The highest BCUT2D eigenvalue weighted by Gasteiger charge is 2.18. The number of nitrogens with one attached hydrogen (secondary N) is 1. The molecule has 0 spiro atoms. The van der Waals surface area contributed by atoms with Gasteiger partial charge in [0.2, 0.25) is 0 Å². The molecule has 5 heteroatoms. The molecule has 0 aliphatic heterocycles. The van der Waals surface area contributed by atoms with Crippen molar-refractivity contribution in [1.29, 1.82) is 0 Å². The van der Waals surface area contributed by atoms with Crippen molar-refractivity contribution in [1.82, 2.24) is 14.4 Å². The fourth-order valence-corrected chi connectivity index (χ4v) is 3.46. The van der Waals surface area contributed by atoms with E-state index in [1.165, 1.54) is 5.56 Å². The first kappa shape index (κ1) is 19.7. The van der Waals surface area contributed by atoms with Crippen LogP contribution in [0.3, 0.4) is 0 Å². The Bertz CT molecular complexity index is 1420. The van der Waals surface area contributed by atoms with Gasteiger partial charge in [-0.3, -0.25) is 4.40 Å². The molecule has 0 radical (unpaired) electrons. The van der Waals surface area contributed by atoms with E-state index in [1.807, 2.05) is 60.7 Å². The number of para-hydroxylation sites is 1. The van der Waals surface area contributed by atoms with Gasteiger partial charge in [0.1, 0.15) is 22.9 Å². The number of aromatic nitrogens is 3. The quantitative estimate of drug-likeness (QED) is 0.350. The van der Waals surface area contributed by atoms with Crippen molar-refractivity contribution in [3.05, 3.63) is 102 Å². The van der Waals surface area contributed by atoms with E-state index < -0.39 is 0 Å². The summed E-state index contributed by atoms with van der Waals surface area (Å²) >= 11 is 0. The van der Waals surface area contributed by atoms with E-state index in [9.17, 15) is 0 Å². The highest BCUT2D eigenvalue weighted by molar-refractivity contribution is 5.77. The van der Waals surface area contributed by atoms with E-state index in [4.69, 9.17) is 9.40 Å². The zero-order valence-corrected chi connectivity index (χ0v) is 17.9. The molecule has 0 aliphatic rings. The van der Waals surface area contributed by atoms with Crippen LogP contribution in [0.2, 0.25) is 0 Å². The van der Waals surface area contributed by atoms with Gasteiger partial charge < -0.3 is 9.73 Å². The average Bonchev–Trinajstić information content (AvgIpc) is 3.43. The average molecular weight is 419 g/mol. The molecule has 0 fully saturated rings. The summed E-state index contributed by atoms with van der Waals surface area (Å²) in [7, 11) is 0. The van der Waals surface area contributed by atoms with E-state index in [0.29, 0.717) is 23.1 Å². The lowest BCUT2D eigenvalue weighted by Crippen LogP contribution is -1.97. The van der Waals surface area contributed by atoms with Crippen molar-refractivity contribution in [3.63, 3.8) is 0 Å². The largest absolute Gasteiger partial charge is 0.446 e. The van der Waals surface area contributed by atoms with Crippen LogP contribution in [0.4, 0.5) is 11.5 Å². The van der Waals surface area contributed by atoms with Crippen LogP contribution in [0.1, 0.15) is 36.8 Å². The number of imidazole rings is 1. The minimum atomic E-state index is 0.419. The van der Waals surface area contributed by atoms with Crippen molar-refractivity contribution >= 4 is 17.2 Å². The predicted molar refractivity (Wildman–Crippen MR) is 127 cm³/mol. The molecule has 0 amide bonds.